The van der Waals surface area contributed by atoms with Crippen LogP contribution in [0.25, 0.3) is 0 Å². The Balaban J connectivity index is 2.84. The zero-order chi connectivity index (χ0) is 12.1. The van der Waals surface area contributed by atoms with E-state index in [2.05, 4.69) is 0 Å². The van der Waals surface area contributed by atoms with Crippen LogP contribution >= 0.6 is 11.6 Å². The van der Waals surface area contributed by atoms with Gasteiger partial charge in [0.05, 0.1) is 6.07 Å². The van der Waals surface area contributed by atoms with Gasteiger partial charge in [-0.2, -0.15) is 5.26 Å². The monoisotopic (exact) mass is 236 g/mol. The third-order valence-electron chi connectivity index (χ3n) is 2.28. The number of carbonyl (C=O) groups excluding carboxylic acids is 1. The van der Waals surface area contributed by atoms with Crippen molar-refractivity contribution < 1.29 is 4.79 Å². The molecule has 84 valence electrons. The summed E-state index contributed by atoms with van der Waals surface area (Å²) in [5, 5.41) is 9.55. The van der Waals surface area contributed by atoms with Crippen molar-refractivity contribution in [2.75, 3.05) is 14.1 Å². The molecule has 1 aromatic rings. The fourth-order valence-electron chi connectivity index (χ4n) is 1.38. The molecule has 1 unspecified atom stereocenters. The van der Waals surface area contributed by atoms with E-state index in [1.807, 2.05) is 24.3 Å². The molecule has 1 rings (SSSR count). The van der Waals surface area contributed by atoms with Gasteiger partial charge < -0.3 is 4.90 Å². The zero-order valence-electron chi connectivity index (χ0n) is 9.27. The van der Waals surface area contributed by atoms with E-state index >= 15 is 0 Å². The van der Waals surface area contributed by atoms with E-state index in [9.17, 15) is 4.79 Å². The molecule has 0 heterocycles. The molecule has 0 aliphatic carbocycles. The summed E-state index contributed by atoms with van der Waals surface area (Å²) in [6, 6.07) is 9.26. The van der Waals surface area contributed by atoms with Crippen LogP contribution in [-0.4, -0.2) is 24.9 Å². The maximum absolute atomic E-state index is 11.7. The average molecular weight is 237 g/mol. The second kappa shape index (κ2) is 5.53. The van der Waals surface area contributed by atoms with Crippen LogP contribution in [0.15, 0.2) is 24.3 Å². The highest BCUT2D eigenvalue weighted by Gasteiger charge is 2.20. The molecule has 1 aromatic carbocycles. The van der Waals surface area contributed by atoms with Crippen LogP contribution in [0, 0.1) is 17.2 Å². The summed E-state index contributed by atoms with van der Waals surface area (Å²) < 4.78 is 0. The summed E-state index contributed by atoms with van der Waals surface area (Å²) in [6.07, 6.45) is 0.354. The van der Waals surface area contributed by atoms with Gasteiger partial charge in [0.1, 0.15) is 5.92 Å². The molecule has 0 fully saturated rings. The third kappa shape index (κ3) is 2.98. The van der Waals surface area contributed by atoms with E-state index in [-0.39, 0.29) is 5.91 Å². The molecule has 4 heteroatoms. The second-order valence-electron chi connectivity index (χ2n) is 3.71. The largest absolute Gasteiger partial charge is 0.348 e. The van der Waals surface area contributed by atoms with Crippen LogP contribution in [0.2, 0.25) is 5.02 Å². The zero-order valence-corrected chi connectivity index (χ0v) is 10.0. The van der Waals surface area contributed by atoms with Gasteiger partial charge >= 0.3 is 0 Å². The first-order valence-corrected chi connectivity index (χ1v) is 5.28. The Kier molecular flexibility index (Phi) is 4.33. The molecule has 1 atom stereocenters. The number of rotatable bonds is 3. The Hall–Kier alpha value is -1.53. The molecule has 0 aliphatic rings. The van der Waals surface area contributed by atoms with E-state index < -0.39 is 5.92 Å². The first-order valence-electron chi connectivity index (χ1n) is 4.90. The van der Waals surface area contributed by atoms with Crippen molar-refractivity contribution in [1.29, 1.82) is 5.26 Å². The van der Waals surface area contributed by atoms with Crippen molar-refractivity contribution in [2.45, 2.75) is 6.42 Å². The van der Waals surface area contributed by atoms with Crippen LogP contribution in [0.4, 0.5) is 0 Å². The van der Waals surface area contributed by atoms with Crippen molar-refractivity contribution in [3.8, 4) is 6.07 Å². The molecule has 0 saturated heterocycles. The lowest BCUT2D eigenvalue weighted by molar-refractivity contribution is -0.131. The molecule has 0 aliphatic heterocycles. The van der Waals surface area contributed by atoms with Crippen LogP contribution in [-0.2, 0) is 11.2 Å². The SMILES string of the molecule is CN(C)C(=O)C(C#N)Cc1ccccc1Cl. The topological polar surface area (TPSA) is 44.1 Å². The predicted molar refractivity (Wildman–Crippen MR) is 63.0 cm³/mol. The van der Waals surface area contributed by atoms with Crippen LogP contribution in [0.5, 0.6) is 0 Å². The highest BCUT2D eigenvalue weighted by Crippen LogP contribution is 2.19. The number of hydrogen-bond donors (Lipinski definition) is 0. The molecular formula is C12H13ClN2O. The minimum absolute atomic E-state index is 0.192. The molecule has 0 radical (unpaired) electrons. The maximum Gasteiger partial charge on any atom is 0.239 e. The quantitative estimate of drug-likeness (QED) is 0.807. The number of carbonyl (C=O) groups is 1. The van der Waals surface area contributed by atoms with Gasteiger partial charge in [-0.1, -0.05) is 29.8 Å². The number of benzene rings is 1. The first kappa shape index (κ1) is 12.5. The number of nitrogens with zero attached hydrogens (tertiary/aromatic N) is 2. The number of hydrogen-bond acceptors (Lipinski definition) is 2. The van der Waals surface area contributed by atoms with E-state index in [1.165, 1.54) is 4.90 Å². The maximum atomic E-state index is 11.7. The van der Waals surface area contributed by atoms with E-state index in [0.29, 0.717) is 11.4 Å². The van der Waals surface area contributed by atoms with Crippen LogP contribution < -0.4 is 0 Å². The smallest absolute Gasteiger partial charge is 0.239 e. The van der Waals surface area contributed by atoms with Crippen molar-refractivity contribution in [3.63, 3.8) is 0 Å². The highest BCUT2D eigenvalue weighted by molar-refractivity contribution is 6.31. The Bertz CT molecular complexity index is 423. The number of nitriles is 1. The Morgan fingerprint density at radius 2 is 2.12 bits per heavy atom. The van der Waals surface area contributed by atoms with Gasteiger partial charge in [-0.3, -0.25) is 4.79 Å². The standard InChI is InChI=1S/C12H13ClN2O/c1-15(2)12(16)10(8-14)7-9-5-3-4-6-11(9)13/h3-6,10H,7H2,1-2H3. The van der Waals surface area contributed by atoms with Crippen molar-refractivity contribution in [3.05, 3.63) is 34.9 Å². The second-order valence-corrected chi connectivity index (χ2v) is 4.12. The Morgan fingerprint density at radius 3 is 2.62 bits per heavy atom. The fourth-order valence-corrected chi connectivity index (χ4v) is 1.60. The van der Waals surface area contributed by atoms with Crippen molar-refractivity contribution in [2.24, 2.45) is 5.92 Å². The minimum atomic E-state index is -0.671. The summed E-state index contributed by atoms with van der Waals surface area (Å²) in [6.45, 7) is 0. The van der Waals surface area contributed by atoms with Gasteiger partial charge in [0.25, 0.3) is 0 Å². The molecule has 0 N–H and O–H groups in total. The van der Waals surface area contributed by atoms with Crippen molar-refractivity contribution >= 4 is 17.5 Å². The lowest BCUT2D eigenvalue weighted by Crippen LogP contribution is -2.30. The first-order chi connectivity index (χ1) is 7.56. The Labute approximate surface area is 100 Å². The Morgan fingerprint density at radius 1 is 1.50 bits per heavy atom. The number of halogens is 1. The highest BCUT2D eigenvalue weighted by atomic mass is 35.5. The van der Waals surface area contributed by atoms with Crippen LogP contribution in [0.3, 0.4) is 0 Å². The summed E-state index contributed by atoms with van der Waals surface area (Å²) in [5.41, 5.74) is 0.825. The molecule has 3 nitrogen and oxygen atoms in total. The van der Waals surface area contributed by atoms with E-state index in [1.54, 1.807) is 20.2 Å². The predicted octanol–water partition coefficient (Wildman–Crippen LogP) is 2.11. The van der Waals surface area contributed by atoms with Gasteiger partial charge in [-0.25, -0.2) is 0 Å². The molecule has 1 amide bonds. The fraction of sp³-hybridized carbons (Fsp3) is 0.333. The average Bonchev–Trinajstić information content (AvgIpc) is 2.27. The molecular weight excluding hydrogens is 224 g/mol. The minimum Gasteiger partial charge on any atom is -0.348 e. The summed E-state index contributed by atoms with van der Waals surface area (Å²) >= 11 is 5.98. The summed E-state index contributed by atoms with van der Waals surface area (Å²) in [5.74, 6) is -0.864. The summed E-state index contributed by atoms with van der Waals surface area (Å²) in [7, 11) is 3.28. The van der Waals surface area contributed by atoms with Crippen molar-refractivity contribution in [1.82, 2.24) is 4.90 Å². The van der Waals surface area contributed by atoms with Gasteiger partial charge in [-0.05, 0) is 18.1 Å². The molecule has 0 bridgehead atoms. The van der Waals surface area contributed by atoms with Gasteiger partial charge in [0.2, 0.25) is 5.91 Å². The molecule has 0 saturated carbocycles. The molecule has 0 aromatic heterocycles. The number of amides is 1. The lowest BCUT2D eigenvalue weighted by Gasteiger charge is -2.15. The van der Waals surface area contributed by atoms with Gasteiger partial charge in [-0.15, -0.1) is 0 Å². The summed E-state index contributed by atoms with van der Waals surface area (Å²) in [4.78, 5) is 13.1. The molecule has 16 heavy (non-hydrogen) atoms. The van der Waals surface area contributed by atoms with Crippen LogP contribution in [0.1, 0.15) is 5.56 Å². The van der Waals surface area contributed by atoms with E-state index in [4.69, 9.17) is 16.9 Å². The van der Waals surface area contributed by atoms with Gasteiger partial charge in [0, 0.05) is 19.1 Å². The van der Waals surface area contributed by atoms with Gasteiger partial charge in [0.15, 0.2) is 0 Å². The molecule has 0 spiro atoms. The third-order valence-corrected chi connectivity index (χ3v) is 2.65. The van der Waals surface area contributed by atoms with E-state index in [0.717, 1.165) is 5.56 Å². The lowest BCUT2D eigenvalue weighted by atomic mass is 9.99. The normalized spacial score (nSPS) is 11.6.